The lowest BCUT2D eigenvalue weighted by molar-refractivity contribution is 0.0963. The maximum atomic E-state index is 11.6. The second kappa shape index (κ2) is 6.39. The normalized spacial score (nSPS) is 12.2. The second-order valence-electron chi connectivity index (χ2n) is 5.17. The van der Waals surface area contributed by atoms with Gasteiger partial charge in [-0.3, -0.25) is 4.79 Å². The summed E-state index contributed by atoms with van der Waals surface area (Å²) in [5.74, 6) is 1.33. The highest BCUT2D eigenvalue weighted by Gasteiger charge is 2.16. The van der Waals surface area contributed by atoms with Crippen LogP contribution in [0.1, 0.15) is 54.8 Å². The number of anilines is 1. The Morgan fingerprint density at radius 2 is 2.05 bits per heavy atom. The van der Waals surface area contributed by atoms with Crippen LogP contribution >= 0.6 is 0 Å². The van der Waals surface area contributed by atoms with Crippen molar-refractivity contribution in [2.45, 2.75) is 32.7 Å². The fourth-order valence-electron chi connectivity index (χ4n) is 1.86. The lowest BCUT2D eigenvalue weighted by Gasteiger charge is -2.12. The Labute approximate surface area is 123 Å². The van der Waals surface area contributed by atoms with E-state index in [0.29, 0.717) is 17.3 Å². The number of nitrogens with zero attached hydrogens (tertiary/aromatic N) is 2. The van der Waals surface area contributed by atoms with Crippen LogP contribution in [-0.2, 0) is 0 Å². The first-order valence-electron chi connectivity index (χ1n) is 6.93. The molecule has 0 spiro atoms. The molecule has 2 rings (SSSR count). The van der Waals surface area contributed by atoms with E-state index in [2.05, 4.69) is 20.8 Å². The molecule has 2 N–H and O–H groups in total. The lowest BCUT2D eigenvalue weighted by atomic mass is 10.1. The summed E-state index contributed by atoms with van der Waals surface area (Å²) >= 11 is 0. The van der Waals surface area contributed by atoms with Crippen molar-refractivity contribution in [1.82, 2.24) is 15.5 Å². The molecule has 21 heavy (non-hydrogen) atoms. The molecule has 1 atom stereocenters. The first-order chi connectivity index (χ1) is 10.0. The highest BCUT2D eigenvalue weighted by Crippen LogP contribution is 2.20. The molecular weight excluding hydrogens is 268 g/mol. The van der Waals surface area contributed by atoms with Crippen LogP contribution in [0, 0.1) is 0 Å². The van der Waals surface area contributed by atoms with Crippen molar-refractivity contribution in [3.63, 3.8) is 0 Å². The van der Waals surface area contributed by atoms with E-state index in [1.165, 1.54) is 0 Å². The van der Waals surface area contributed by atoms with Crippen LogP contribution in [0.5, 0.6) is 0 Å². The maximum absolute atomic E-state index is 11.6. The summed E-state index contributed by atoms with van der Waals surface area (Å²) in [6, 6.07) is 7.13. The second-order valence-corrected chi connectivity index (χ2v) is 5.17. The van der Waals surface area contributed by atoms with E-state index in [1.807, 2.05) is 32.9 Å². The molecule has 1 heterocycles. The van der Waals surface area contributed by atoms with Gasteiger partial charge in [0, 0.05) is 24.2 Å². The molecule has 1 unspecified atom stereocenters. The first kappa shape index (κ1) is 15.0. The first-order valence-corrected chi connectivity index (χ1v) is 6.93. The van der Waals surface area contributed by atoms with E-state index < -0.39 is 0 Å². The van der Waals surface area contributed by atoms with E-state index in [4.69, 9.17) is 4.52 Å². The Bertz CT molecular complexity index is 622. The maximum Gasteiger partial charge on any atom is 0.251 e. The lowest BCUT2D eigenvalue weighted by Crippen LogP contribution is -2.18. The van der Waals surface area contributed by atoms with Gasteiger partial charge in [-0.1, -0.05) is 25.1 Å². The summed E-state index contributed by atoms with van der Waals surface area (Å²) < 4.78 is 5.26. The molecule has 0 bridgehead atoms. The molecule has 0 aliphatic heterocycles. The van der Waals surface area contributed by atoms with Crippen molar-refractivity contribution in [2.24, 2.45) is 0 Å². The number of nitrogens with one attached hydrogen (secondary N) is 2. The van der Waals surface area contributed by atoms with Gasteiger partial charge in [0.05, 0.1) is 0 Å². The minimum absolute atomic E-state index is 0.119. The Kier molecular flexibility index (Phi) is 4.57. The van der Waals surface area contributed by atoms with Gasteiger partial charge in [0.1, 0.15) is 6.04 Å². The average molecular weight is 288 g/mol. The van der Waals surface area contributed by atoms with Gasteiger partial charge in [0.15, 0.2) is 5.82 Å². The Morgan fingerprint density at radius 3 is 2.67 bits per heavy atom. The number of carbonyl (C=O) groups excluding carboxylic acids is 1. The summed E-state index contributed by atoms with van der Waals surface area (Å²) in [5, 5.41) is 9.80. The molecule has 0 saturated heterocycles. The fraction of sp³-hybridized carbons (Fsp3) is 0.400. The molecule has 2 aromatic rings. The van der Waals surface area contributed by atoms with Crippen LogP contribution in [0.15, 0.2) is 28.8 Å². The number of benzene rings is 1. The molecule has 0 aliphatic rings. The quantitative estimate of drug-likeness (QED) is 0.884. The predicted molar refractivity (Wildman–Crippen MR) is 80.3 cm³/mol. The minimum Gasteiger partial charge on any atom is -0.374 e. The highest BCUT2D eigenvalue weighted by molar-refractivity contribution is 5.94. The molecule has 6 nitrogen and oxygen atoms in total. The number of aromatic nitrogens is 2. The Hall–Kier alpha value is -2.37. The van der Waals surface area contributed by atoms with Gasteiger partial charge in [-0.25, -0.2) is 0 Å². The third-order valence-electron chi connectivity index (χ3n) is 3.08. The van der Waals surface area contributed by atoms with E-state index in [1.54, 1.807) is 19.2 Å². The molecule has 0 fully saturated rings. The number of hydrogen-bond acceptors (Lipinski definition) is 5. The molecule has 1 aromatic carbocycles. The summed E-state index contributed by atoms with van der Waals surface area (Å²) in [7, 11) is 1.61. The Balaban J connectivity index is 2.11. The molecular formula is C15H20N4O2. The standard InChI is InChI=1S/C15H20N4O2/c1-9(2)13-18-15(21-19-13)10(3)17-12-7-5-6-11(8-12)14(20)16-4/h5-10,17H,1-4H3,(H,16,20). The van der Waals surface area contributed by atoms with E-state index in [-0.39, 0.29) is 17.9 Å². The average Bonchev–Trinajstić information content (AvgIpc) is 2.97. The van der Waals surface area contributed by atoms with Crippen molar-refractivity contribution < 1.29 is 9.32 Å². The number of amides is 1. The van der Waals surface area contributed by atoms with E-state index in [9.17, 15) is 4.79 Å². The summed E-state index contributed by atoms with van der Waals surface area (Å²) in [5.41, 5.74) is 1.43. The molecule has 112 valence electrons. The van der Waals surface area contributed by atoms with Gasteiger partial charge in [0.2, 0.25) is 5.89 Å². The van der Waals surface area contributed by atoms with Gasteiger partial charge in [-0.05, 0) is 25.1 Å². The van der Waals surface area contributed by atoms with Crippen LogP contribution in [0.4, 0.5) is 5.69 Å². The summed E-state index contributed by atoms with van der Waals surface area (Å²) in [6.07, 6.45) is 0. The molecule has 0 radical (unpaired) electrons. The predicted octanol–water partition coefficient (Wildman–Crippen LogP) is 2.73. The number of carbonyl (C=O) groups is 1. The zero-order valence-corrected chi connectivity index (χ0v) is 12.7. The van der Waals surface area contributed by atoms with E-state index >= 15 is 0 Å². The smallest absolute Gasteiger partial charge is 0.251 e. The largest absolute Gasteiger partial charge is 0.374 e. The van der Waals surface area contributed by atoms with E-state index in [0.717, 1.165) is 5.69 Å². The topological polar surface area (TPSA) is 80.0 Å². The third-order valence-corrected chi connectivity index (χ3v) is 3.08. The van der Waals surface area contributed by atoms with Crippen LogP contribution in [0.2, 0.25) is 0 Å². The molecule has 0 aliphatic carbocycles. The molecule has 1 amide bonds. The third kappa shape index (κ3) is 3.59. The summed E-state index contributed by atoms with van der Waals surface area (Å²) in [4.78, 5) is 16.0. The van der Waals surface area contributed by atoms with Gasteiger partial charge in [-0.15, -0.1) is 0 Å². The molecule has 1 aromatic heterocycles. The molecule has 6 heteroatoms. The van der Waals surface area contributed by atoms with Crippen molar-refractivity contribution in [1.29, 1.82) is 0 Å². The summed E-state index contributed by atoms with van der Waals surface area (Å²) in [6.45, 7) is 5.96. The van der Waals surface area contributed by atoms with Gasteiger partial charge in [0.25, 0.3) is 5.91 Å². The Morgan fingerprint density at radius 1 is 1.29 bits per heavy atom. The zero-order valence-electron chi connectivity index (χ0n) is 12.7. The van der Waals surface area contributed by atoms with Crippen LogP contribution < -0.4 is 10.6 Å². The fourth-order valence-corrected chi connectivity index (χ4v) is 1.86. The van der Waals surface area contributed by atoms with Gasteiger partial charge >= 0.3 is 0 Å². The van der Waals surface area contributed by atoms with Crippen LogP contribution in [0.3, 0.4) is 0 Å². The monoisotopic (exact) mass is 288 g/mol. The molecule has 0 saturated carbocycles. The van der Waals surface area contributed by atoms with Crippen molar-refractivity contribution in [3.8, 4) is 0 Å². The SMILES string of the molecule is CNC(=O)c1cccc(NC(C)c2nc(C(C)C)no2)c1. The van der Waals surface area contributed by atoms with Crippen molar-refractivity contribution in [3.05, 3.63) is 41.5 Å². The number of hydrogen-bond donors (Lipinski definition) is 2. The highest BCUT2D eigenvalue weighted by atomic mass is 16.5. The van der Waals surface area contributed by atoms with Gasteiger partial charge in [-0.2, -0.15) is 4.98 Å². The van der Waals surface area contributed by atoms with Crippen LogP contribution in [0.25, 0.3) is 0 Å². The minimum atomic E-state index is -0.134. The number of rotatable bonds is 5. The zero-order chi connectivity index (χ0) is 15.4. The van der Waals surface area contributed by atoms with Crippen LogP contribution in [-0.4, -0.2) is 23.1 Å². The van der Waals surface area contributed by atoms with Crippen molar-refractivity contribution >= 4 is 11.6 Å². The van der Waals surface area contributed by atoms with Gasteiger partial charge < -0.3 is 15.2 Å². The van der Waals surface area contributed by atoms with Crippen molar-refractivity contribution in [2.75, 3.05) is 12.4 Å².